The standard InChI is InChI=1S/C29H40N2O4.C6H3Cl/c1-19(2)30-13-11-24(12-14-30)29(5,33)23-7-9-25(10-8-23)31-18-22-16-27(35-20(3)4)26(34-6)15-21(22)17-28(31)32;7-6-4-2-1-3-5-6/h7-10,15-16,19-20,24,33H,11-14,17-18H2,1-6H3;2,4-5H. The minimum absolute atomic E-state index is 0.0289. The van der Waals surface area contributed by atoms with Gasteiger partial charge in [-0.1, -0.05) is 35.9 Å². The molecule has 7 heteroatoms. The van der Waals surface area contributed by atoms with E-state index >= 15 is 0 Å². The van der Waals surface area contributed by atoms with Gasteiger partial charge in [0, 0.05) is 22.8 Å². The molecule has 3 aromatic rings. The molecule has 2 heterocycles. The average molecular weight is 591 g/mol. The molecule has 2 aliphatic rings. The fourth-order valence-electron chi connectivity index (χ4n) is 5.73. The van der Waals surface area contributed by atoms with Gasteiger partial charge in [0.1, 0.15) is 0 Å². The summed E-state index contributed by atoms with van der Waals surface area (Å²) < 4.78 is 11.4. The Hall–Kier alpha value is -3.24. The SMILES string of the molecule is COc1cc2c(cc1OC(C)C)CN(c1ccc(C(C)(O)C3CCN(C(C)C)CC3)cc1)C(=O)C2.Clc1cc#ccc1. The number of fused-ring (bicyclic) bond motifs is 1. The molecule has 1 atom stereocenters. The summed E-state index contributed by atoms with van der Waals surface area (Å²) in [5, 5.41) is 12.2. The summed E-state index contributed by atoms with van der Waals surface area (Å²) >= 11 is 5.49. The number of carbonyl (C=O) groups excluding carboxylic acids is 1. The maximum absolute atomic E-state index is 13.0. The molecule has 5 rings (SSSR count). The number of rotatable bonds is 7. The highest BCUT2D eigenvalue weighted by atomic mass is 35.5. The molecule has 2 aliphatic heterocycles. The van der Waals surface area contributed by atoms with Crippen molar-refractivity contribution in [1.29, 1.82) is 0 Å². The first kappa shape index (κ1) is 31.7. The van der Waals surface area contributed by atoms with Gasteiger partial charge >= 0.3 is 0 Å². The van der Waals surface area contributed by atoms with Crippen LogP contribution < -0.4 is 14.4 Å². The van der Waals surface area contributed by atoms with Crippen LogP contribution in [0.1, 0.15) is 64.2 Å². The van der Waals surface area contributed by atoms with Gasteiger partial charge in [0.15, 0.2) is 11.5 Å². The van der Waals surface area contributed by atoms with Gasteiger partial charge in [-0.2, -0.15) is 0 Å². The number of benzene rings is 2. The smallest absolute Gasteiger partial charge is 0.231 e. The highest BCUT2D eigenvalue weighted by molar-refractivity contribution is 6.30. The molecular formula is C35H43ClN2O4. The van der Waals surface area contributed by atoms with Gasteiger partial charge in [0.2, 0.25) is 5.91 Å². The van der Waals surface area contributed by atoms with Crippen molar-refractivity contribution in [3.63, 3.8) is 0 Å². The number of hydrogen-bond acceptors (Lipinski definition) is 5. The molecule has 1 saturated heterocycles. The quantitative estimate of drug-likeness (QED) is 0.326. The van der Waals surface area contributed by atoms with E-state index in [2.05, 4.69) is 30.9 Å². The number of halogens is 1. The van der Waals surface area contributed by atoms with Crippen LogP contribution in [0.5, 0.6) is 11.5 Å². The Morgan fingerprint density at radius 1 is 1.00 bits per heavy atom. The number of ether oxygens (including phenoxy) is 2. The summed E-state index contributed by atoms with van der Waals surface area (Å²) in [4.78, 5) is 17.3. The number of aliphatic hydroxyl groups is 1. The van der Waals surface area contributed by atoms with Crippen molar-refractivity contribution in [2.75, 3.05) is 25.1 Å². The second-order valence-electron chi connectivity index (χ2n) is 11.8. The monoisotopic (exact) mass is 590 g/mol. The summed E-state index contributed by atoms with van der Waals surface area (Å²) in [6.45, 7) is 12.9. The molecule has 0 aromatic heterocycles. The Morgan fingerprint density at radius 2 is 1.67 bits per heavy atom. The third-order valence-electron chi connectivity index (χ3n) is 8.26. The van der Waals surface area contributed by atoms with Gasteiger partial charge in [-0.25, -0.2) is 0 Å². The van der Waals surface area contributed by atoms with E-state index in [0.717, 1.165) is 48.3 Å². The van der Waals surface area contributed by atoms with Crippen LogP contribution in [0.4, 0.5) is 5.69 Å². The Morgan fingerprint density at radius 3 is 2.19 bits per heavy atom. The molecule has 1 amide bonds. The van der Waals surface area contributed by atoms with Gasteiger partial charge in [0.25, 0.3) is 0 Å². The van der Waals surface area contributed by atoms with Crippen molar-refractivity contribution < 1.29 is 19.4 Å². The number of methoxy groups -OCH3 is 1. The fourth-order valence-corrected chi connectivity index (χ4v) is 5.85. The molecule has 1 unspecified atom stereocenters. The molecule has 3 aromatic carbocycles. The van der Waals surface area contributed by atoms with E-state index < -0.39 is 5.60 Å². The van der Waals surface area contributed by atoms with Crippen molar-refractivity contribution >= 4 is 23.2 Å². The number of piperidine rings is 1. The summed E-state index contributed by atoms with van der Waals surface area (Å²) in [5.74, 6) is 1.63. The maximum atomic E-state index is 13.0. The van der Waals surface area contributed by atoms with Crippen LogP contribution in [0.15, 0.2) is 54.6 Å². The Labute approximate surface area is 256 Å². The van der Waals surface area contributed by atoms with Crippen molar-refractivity contribution in [1.82, 2.24) is 4.90 Å². The topological polar surface area (TPSA) is 62.2 Å². The number of anilines is 1. The van der Waals surface area contributed by atoms with E-state index in [9.17, 15) is 9.90 Å². The first-order valence-electron chi connectivity index (χ1n) is 14.8. The first-order chi connectivity index (χ1) is 20.0. The van der Waals surface area contributed by atoms with E-state index in [1.54, 1.807) is 25.3 Å². The van der Waals surface area contributed by atoms with Gasteiger partial charge in [-0.05, 0) is 120 Å². The largest absolute Gasteiger partial charge is 0.493 e. The normalized spacial score (nSPS) is 17.2. The van der Waals surface area contributed by atoms with Crippen LogP contribution in [-0.4, -0.2) is 48.3 Å². The third kappa shape index (κ3) is 7.58. The van der Waals surface area contributed by atoms with E-state index in [0.29, 0.717) is 35.5 Å². The van der Waals surface area contributed by atoms with Gasteiger partial charge in [-0.3, -0.25) is 4.79 Å². The Bertz CT molecular complexity index is 1320. The highest BCUT2D eigenvalue weighted by Gasteiger charge is 2.36. The highest BCUT2D eigenvalue weighted by Crippen LogP contribution is 2.39. The molecular weight excluding hydrogens is 548 g/mol. The number of amides is 1. The lowest BCUT2D eigenvalue weighted by molar-refractivity contribution is -0.118. The molecule has 0 bridgehead atoms. The second-order valence-corrected chi connectivity index (χ2v) is 12.3. The zero-order valence-corrected chi connectivity index (χ0v) is 26.4. The lowest BCUT2D eigenvalue weighted by atomic mass is 9.77. The number of hydrogen-bond donors (Lipinski definition) is 1. The second kappa shape index (κ2) is 13.8. The fraction of sp³-hybridized carbons (Fsp3) is 0.457. The molecule has 224 valence electrons. The summed E-state index contributed by atoms with van der Waals surface area (Å²) in [7, 11) is 1.62. The summed E-state index contributed by atoms with van der Waals surface area (Å²) in [6, 6.07) is 22.9. The molecule has 42 heavy (non-hydrogen) atoms. The Balaban J connectivity index is 0.000000507. The van der Waals surface area contributed by atoms with Gasteiger partial charge < -0.3 is 24.4 Å². The van der Waals surface area contributed by atoms with E-state index in [4.69, 9.17) is 21.1 Å². The van der Waals surface area contributed by atoms with Gasteiger partial charge in [-0.15, -0.1) is 0 Å². The van der Waals surface area contributed by atoms with Crippen molar-refractivity contribution in [3.8, 4) is 11.5 Å². The van der Waals surface area contributed by atoms with Crippen LogP contribution in [0, 0.1) is 18.1 Å². The lowest BCUT2D eigenvalue weighted by Gasteiger charge is -2.41. The van der Waals surface area contributed by atoms with Crippen molar-refractivity contribution in [3.05, 3.63) is 88.4 Å². The Kier molecular flexibility index (Phi) is 10.4. The van der Waals surface area contributed by atoms with E-state index in [1.807, 2.05) is 62.1 Å². The predicted molar refractivity (Wildman–Crippen MR) is 168 cm³/mol. The van der Waals surface area contributed by atoms with Crippen molar-refractivity contribution in [2.24, 2.45) is 5.92 Å². The van der Waals surface area contributed by atoms with Crippen LogP contribution in [0.25, 0.3) is 0 Å². The van der Waals surface area contributed by atoms with Gasteiger partial charge in [0.05, 0.1) is 31.8 Å². The van der Waals surface area contributed by atoms with Crippen LogP contribution in [0.2, 0.25) is 5.02 Å². The molecule has 1 N–H and O–H groups in total. The van der Waals surface area contributed by atoms with Crippen LogP contribution in [-0.2, 0) is 23.4 Å². The van der Waals surface area contributed by atoms with Crippen molar-refractivity contribution in [2.45, 2.75) is 78.2 Å². The van der Waals surface area contributed by atoms with Crippen LogP contribution in [0.3, 0.4) is 0 Å². The average Bonchev–Trinajstić information content (AvgIpc) is 2.97. The minimum atomic E-state index is -0.889. The summed E-state index contributed by atoms with van der Waals surface area (Å²) in [6.07, 6.45) is 2.32. The molecule has 0 radical (unpaired) electrons. The van der Waals surface area contributed by atoms with E-state index in [1.165, 1.54) is 0 Å². The molecule has 0 saturated carbocycles. The number of nitrogens with zero attached hydrogens (tertiary/aromatic N) is 2. The molecule has 1 fully saturated rings. The predicted octanol–water partition coefficient (Wildman–Crippen LogP) is 6.84. The molecule has 0 spiro atoms. The minimum Gasteiger partial charge on any atom is -0.493 e. The number of carbonyl (C=O) groups is 1. The first-order valence-corrected chi connectivity index (χ1v) is 15.1. The zero-order valence-electron chi connectivity index (χ0n) is 25.6. The van der Waals surface area contributed by atoms with E-state index in [-0.39, 0.29) is 17.9 Å². The lowest BCUT2D eigenvalue weighted by Crippen LogP contribution is -2.44. The molecule has 6 nitrogen and oxygen atoms in total. The summed E-state index contributed by atoms with van der Waals surface area (Å²) in [5.41, 5.74) is 2.91. The molecule has 0 aliphatic carbocycles. The number of likely N-dealkylation sites (tertiary alicyclic amines) is 1. The third-order valence-corrected chi connectivity index (χ3v) is 8.49. The van der Waals surface area contributed by atoms with Crippen LogP contribution >= 0.6 is 11.6 Å². The maximum Gasteiger partial charge on any atom is 0.231 e. The zero-order chi connectivity index (χ0) is 30.4.